The summed E-state index contributed by atoms with van der Waals surface area (Å²) in [5.41, 5.74) is 1.15. The van der Waals surface area contributed by atoms with E-state index in [0.29, 0.717) is 17.9 Å². The molecule has 1 aromatic carbocycles. The van der Waals surface area contributed by atoms with Gasteiger partial charge in [0.15, 0.2) is 0 Å². The summed E-state index contributed by atoms with van der Waals surface area (Å²) in [5.74, 6) is 2.14. The van der Waals surface area contributed by atoms with Gasteiger partial charge in [-0.2, -0.15) is 0 Å². The molecule has 102 valence electrons. The zero-order valence-corrected chi connectivity index (χ0v) is 12.4. The Balaban J connectivity index is 2.63. The van der Waals surface area contributed by atoms with Crippen LogP contribution in [0.2, 0.25) is 0 Å². The summed E-state index contributed by atoms with van der Waals surface area (Å²) in [7, 11) is 0. The summed E-state index contributed by atoms with van der Waals surface area (Å²) in [6.07, 6.45) is 1.13. The van der Waals surface area contributed by atoms with Gasteiger partial charge < -0.3 is 10.1 Å². The summed E-state index contributed by atoms with van der Waals surface area (Å²) >= 11 is 0. The Morgan fingerprint density at radius 2 is 1.89 bits per heavy atom. The largest absolute Gasteiger partial charge is 0.493 e. The van der Waals surface area contributed by atoms with E-state index in [-0.39, 0.29) is 0 Å². The van der Waals surface area contributed by atoms with Crippen LogP contribution in [0, 0.1) is 11.8 Å². The van der Waals surface area contributed by atoms with Gasteiger partial charge in [-0.15, -0.1) is 0 Å². The predicted octanol–water partition coefficient (Wildman–Crippen LogP) is 4.57. The minimum absolute atomic E-state index is 0.519. The Morgan fingerprint density at radius 1 is 1.17 bits per heavy atom. The van der Waals surface area contributed by atoms with Gasteiger partial charge in [0, 0.05) is 17.8 Å². The third kappa shape index (κ3) is 4.99. The highest BCUT2D eigenvalue weighted by Gasteiger charge is 2.10. The number of ether oxygens (including phenoxy) is 1. The first-order valence-corrected chi connectivity index (χ1v) is 7.02. The molecular weight excluding hydrogens is 222 g/mol. The average Bonchev–Trinajstić information content (AvgIpc) is 2.33. The fourth-order valence-electron chi connectivity index (χ4n) is 1.89. The second kappa shape index (κ2) is 7.30. The van der Waals surface area contributed by atoms with E-state index in [1.54, 1.807) is 0 Å². The molecule has 0 aliphatic rings. The highest BCUT2D eigenvalue weighted by Crippen LogP contribution is 2.21. The van der Waals surface area contributed by atoms with Crippen LogP contribution in [-0.4, -0.2) is 12.6 Å². The molecule has 18 heavy (non-hydrogen) atoms. The fourth-order valence-corrected chi connectivity index (χ4v) is 1.89. The zero-order chi connectivity index (χ0) is 13.5. The van der Waals surface area contributed by atoms with Crippen molar-refractivity contribution in [2.75, 3.05) is 11.9 Å². The molecule has 1 aromatic rings. The van der Waals surface area contributed by atoms with Crippen molar-refractivity contribution in [3.63, 3.8) is 0 Å². The molecule has 1 unspecified atom stereocenters. The van der Waals surface area contributed by atoms with Crippen molar-refractivity contribution in [3.8, 4) is 5.75 Å². The molecule has 0 fully saturated rings. The summed E-state index contributed by atoms with van der Waals surface area (Å²) in [5, 5.41) is 3.58. The van der Waals surface area contributed by atoms with Gasteiger partial charge in [-0.25, -0.2) is 0 Å². The van der Waals surface area contributed by atoms with E-state index in [9.17, 15) is 0 Å². The second-order valence-electron chi connectivity index (χ2n) is 5.64. The second-order valence-corrected chi connectivity index (χ2v) is 5.64. The van der Waals surface area contributed by atoms with Gasteiger partial charge in [0.1, 0.15) is 5.75 Å². The van der Waals surface area contributed by atoms with Crippen LogP contribution in [-0.2, 0) is 0 Å². The van der Waals surface area contributed by atoms with E-state index in [2.05, 4.69) is 52.1 Å². The predicted molar refractivity (Wildman–Crippen MR) is 79.3 cm³/mol. The van der Waals surface area contributed by atoms with Crippen LogP contribution in [0.25, 0.3) is 0 Å². The van der Waals surface area contributed by atoms with E-state index in [1.807, 2.05) is 12.1 Å². The molecule has 0 aliphatic heterocycles. The van der Waals surface area contributed by atoms with E-state index < -0.39 is 0 Å². The molecule has 2 heteroatoms. The van der Waals surface area contributed by atoms with Crippen LogP contribution in [0.1, 0.15) is 41.0 Å². The number of hydrogen-bond donors (Lipinski definition) is 1. The minimum Gasteiger partial charge on any atom is -0.493 e. The lowest BCUT2D eigenvalue weighted by molar-refractivity contribution is 0.271. The van der Waals surface area contributed by atoms with Crippen LogP contribution >= 0.6 is 0 Å². The lowest BCUT2D eigenvalue weighted by Crippen LogP contribution is -2.24. The Hall–Kier alpha value is -1.18. The molecule has 1 atom stereocenters. The van der Waals surface area contributed by atoms with Gasteiger partial charge in [-0.3, -0.25) is 0 Å². The van der Waals surface area contributed by atoms with E-state index in [4.69, 9.17) is 4.74 Å². The van der Waals surface area contributed by atoms with Crippen LogP contribution in [0.5, 0.6) is 5.75 Å². The molecule has 0 radical (unpaired) electrons. The number of hydrogen-bond acceptors (Lipinski definition) is 2. The Morgan fingerprint density at radius 3 is 2.44 bits per heavy atom. The van der Waals surface area contributed by atoms with Crippen molar-refractivity contribution < 1.29 is 4.74 Å². The number of benzene rings is 1. The molecule has 0 spiro atoms. The highest BCUT2D eigenvalue weighted by atomic mass is 16.5. The van der Waals surface area contributed by atoms with E-state index in [0.717, 1.165) is 24.5 Å². The Labute approximate surface area is 112 Å². The third-order valence-electron chi connectivity index (χ3n) is 3.01. The van der Waals surface area contributed by atoms with Crippen molar-refractivity contribution in [1.29, 1.82) is 0 Å². The van der Waals surface area contributed by atoms with Gasteiger partial charge in [-0.1, -0.05) is 40.7 Å². The molecule has 0 saturated heterocycles. The van der Waals surface area contributed by atoms with Crippen molar-refractivity contribution in [2.45, 2.75) is 47.1 Å². The number of nitrogens with one attached hydrogen (secondary N) is 1. The summed E-state index contributed by atoms with van der Waals surface area (Å²) in [4.78, 5) is 0. The first-order valence-electron chi connectivity index (χ1n) is 7.02. The first kappa shape index (κ1) is 14.9. The lowest BCUT2D eigenvalue weighted by Gasteiger charge is -2.22. The van der Waals surface area contributed by atoms with Crippen LogP contribution in [0.4, 0.5) is 5.69 Å². The van der Waals surface area contributed by atoms with Crippen molar-refractivity contribution >= 4 is 5.69 Å². The Kier molecular flexibility index (Phi) is 6.03. The smallest absolute Gasteiger partial charge is 0.121 e. The molecule has 1 rings (SSSR count). The van der Waals surface area contributed by atoms with Crippen LogP contribution < -0.4 is 10.1 Å². The van der Waals surface area contributed by atoms with E-state index >= 15 is 0 Å². The topological polar surface area (TPSA) is 21.3 Å². The van der Waals surface area contributed by atoms with Crippen LogP contribution in [0.15, 0.2) is 24.3 Å². The van der Waals surface area contributed by atoms with Crippen molar-refractivity contribution in [1.82, 2.24) is 0 Å². The van der Waals surface area contributed by atoms with Crippen LogP contribution in [0.3, 0.4) is 0 Å². The lowest BCUT2D eigenvalue weighted by atomic mass is 10.0. The monoisotopic (exact) mass is 249 g/mol. The van der Waals surface area contributed by atoms with Gasteiger partial charge in [-0.05, 0) is 30.4 Å². The number of rotatable bonds is 7. The van der Waals surface area contributed by atoms with Gasteiger partial charge in [0.2, 0.25) is 0 Å². The van der Waals surface area contributed by atoms with Crippen molar-refractivity contribution in [2.24, 2.45) is 11.8 Å². The summed E-state index contributed by atoms with van der Waals surface area (Å²) in [6.45, 7) is 11.8. The molecule has 0 amide bonds. The van der Waals surface area contributed by atoms with Gasteiger partial charge >= 0.3 is 0 Å². The highest BCUT2D eigenvalue weighted by molar-refractivity contribution is 5.48. The molecule has 0 heterocycles. The van der Waals surface area contributed by atoms with Gasteiger partial charge in [0.05, 0.1) is 6.61 Å². The molecule has 0 saturated carbocycles. The Bertz CT molecular complexity index is 347. The molecule has 2 nitrogen and oxygen atoms in total. The quantitative estimate of drug-likeness (QED) is 0.764. The molecule has 0 bridgehead atoms. The standard InChI is InChI=1S/C16H27NO/c1-6-16(13(4)5)17-14-8-7-9-15(10-14)18-11-12(2)3/h7-10,12-13,16-17H,6,11H2,1-5H3. The fraction of sp³-hybridized carbons (Fsp3) is 0.625. The van der Waals surface area contributed by atoms with Crippen molar-refractivity contribution in [3.05, 3.63) is 24.3 Å². The molecular formula is C16H27NO. The maximum atomic E-state index is 5.74. The van der Waals surface area contributed by atoms with E-state index in [1.165, 1.54) is 0 Å². The SMILES string of the molecule is CCC(Nc1cccc(OCC(C)C)c1)C(C)C. The molecule has 1 N–H and O–H groups in total. The number of anilines is 1. The summed E-state index contributed by atoms with van der Waals surface area (Å²) in [6, 6.07) is 8.78. The van der Waals surface area contributed by atoms with Gasteiger partial charge in [0.25, 0.3) is 0 Å². The summed E-state index contributed by atoms with van der Waals surface area (Å²) < 4.78 is 5.74. The average molecular weight is 249 g/mol. The zero-order valence-electron chi connectivity index (χ0n) is 12.4. The maximum absolute atomic E-state index is 5.74. The first-order chi connectivity index (χ1) is 8.52. The minimum atomic E-state index is 0.519. The molecule has 0 aromatic heterocycles. The third-order valence-corrected chi connectivity index (χ3v) is 3.01. The normalized spacial score (nSPS) is 12.8. The molecule has 0 aliphatic carbocycles. The maximum Gasteiger partial charge on any atom is 0.121 e.